The largest absolute Gasteiger partial charge is 0.326 e. The van der Waals surface area contributed by atoms with Crippen molar-refractivity contribution in [1.29, 1.82) is 0 Å². The van der Waals surface area contributed by atoms with Crippen LogP contribution in [-0.4, -0.2) is 29.6 Å². The minimum Gasteiger partial charge on any atom is -0.326 e. The summed E-state index contributed by atoms with van der Waals surface area (Å²) in [5, 5.41) is 0. The number of hydrogen-bond donors (Lipinski definition) is 0. The van der Waals surface area contributed by atoms with Crippen molar-refractivity contribution in [3.05, 3.63) is 40.5 Å². The van der Waals surface area contributed by atoms with E-state index in [9.17, 15) is 4.79 Å². The fourth-order valence-corrected chi connectivity index (χ4v) is 2.74. The Hall–Kier alpha value is -1.90. The van der Waals surface area contributed by atoms with Crippen LogP contribution in [0.25, 0.3) is 0 Å². The summed E-state index contributed by atoms with van der Waals surface area (Å²) in [6, 6.07) is 4.10. The van der Waals surface area contributed by atoms with E-state index < -0.39 is 0 Å². The van der Waals surface area contributed by atoms with Gasteiger partial charge >= 0.3 is 0 Å². The molecule has 2 aliphatic heterocycles. The molecule has 2 aliphatic rings. The van der Waals surface area contributed by atoms with Crippen molar-refractivity contribution in [2.24, 2.45) is 4.99 Å². The summed E-state index contributed by atoms with van der Waals surface area (Å²) in [5.74, 6) is 0.109. The second-order valence-electron chi connectivity index (χ2n) is 5.38. The number of benzene rings is 1. The Bertz CT molecular complexity index is 613. The topological polar surface area (TPSA) is 32.7 Å². The first-order chi connectivity index (χ1) is 9.10. The van der Waals surface area contributed by atoms with Gasteiger partial charge in [0.25, 0.3) is 5.91 Å². The summed E-state index contributed by atoms with van der Waals surface area (Å²) >= 11 is 0. The normalized spacial score (nSPS) is 23.5. The third-order valence-electron chi connectivity index (χ3n) is 4.14. The van der Waals surface area contributed by atoms with Crippen LogP contribution < -0.4 is 0 Å². The Labute approximate surface area is 113 Å². The summed E-state index contributed by atoms with van der Waals surface area (Å²) in [6.45, 7) is 6.86. The Morgan fingerprint density at radius 3 is 2.79 bits per heavy atom. The van der Waals surface area contributed by atoms with Gasteiger partial charge in [-0.05, 0) is 50.5 Å². The molecule has 2 heterocycles. The Morgan fingerprint density at radius 1 is 1.32 bits per heavy atom. The summed E-state index contributed by atoms with van der Waals surface area (Å²) in [4.78, 5) is 19.1. The third kappa shape index (κ3) is 1.89. The SMILES string of the molecule is C/C=C1\C[C@H]2C=Nc3cc(C)c(C)cc3C(=O)N2C1. The Morgan fingerprint density at radius 2 is 2.05 bits per heavy atom. The van der Waals surface area contributed by atoms with E-state index in [0.717, 1.165) is 29.8 Å². The predicted octanol–water partition coefficient (Wildman–Crippen LogP) is 3.18. The van der Waals surface area contributed by atoms with E-state index in [0.29, 0.717) is 0 Å². The number of carbonyl (C=O) groups is 1. The van der Waals surface area contributed by atoms with Gasteiger partial charge in [0, 0.05) is 12.8 Å². The Balaban J connectivity index is 2.09. The number of fused-ring (bicyclic) bond motifs is 2. The highest BCUT2D eigenvalue weighted by Gasteiger charge is 2.33. The van der Waals surface area contributed by atoms with Gasteiger partial charge in [0.05, 0.1) is 17.3 Å². The zero-order valence-electron chi connectivity index (χ0n) is 11.6. The van der Waals surface area contributed by atoms with Crippen LogP contribution in [0.4, 0.5) is 5.69 Å². The number of carbonyl (C=O) groups excluding carboxylic acids is 1. The lowest BCUT2D eigenvalue weighted by Gasteiger charge is -2.19. The molecular weight excluding hydrogens is 236 g/mol. The lowest BCUT2D eigenvalue weighted by molar-refractivity contribution is 0.0778. The molecule has 1 amide bonds. The molecule has 3 nitrogen and oxygen atoms in total. The molecule has 1 saturated heterocycles. The Kier molecular flexibility index (Phi) is 2.77. The quantitative estimate of drug-likeness (QED) is 0.654. The monoisotopic (exact) mass is 254 g/mol. The molecule has 3 rings (SSSR count). The number of nitrogens with zero attached hydrogens (tertiary/aromatic N) is 2. The molecule has 0 spiro atoms. The van der Waals surface area contributed by atoms with Gasteiger partial charge in [0.2, 0.25) is 0 Å². The first kappa shape index (κ1) is 12.2. The van der Waals surface area contributed by atoms with Gasteiger partial charge in [-0.15, -0.1) is 0 Å². The lowest BCUT2D eigenvalue weighted by Crippen LogP contribution is -2.35. The van der Waals surface area contributed by atoms with Crippen LogP contribution >= 0.6 is 0 Å². The van der Waals surface area contributed by atoms with Crippen LogP contribution in [0.15, 0.2) is 28.8 Å². The van der Waals surface area contributed by atoms with Crippen LogP contribution in [0.3, 0.4) is 0 Å². The molecule has 0 radical (unpaired) electrons. The maximum Gasteiger partial charge on any atom is 0.256 e. The molecule has 1 aromatic rings. The smallest absolute Gasteiger partial charge is 0.256 e. The standard InChI is InChI=1S/C16H18N2O/c1-4-12-7-13-8-17-15-6-11(3)10(2)5-14(15)16(19)18(13)9-12/h4-6,8,13H,7,9H2,1-3H3/b12-4+/t13-/m0/s1. The van der Waals surface area contributed by atoms with Crippen LogP contribution in [0.2, 0.25) is 0 Å². The first-order valence-electron chi connectivity index (χ1n) is 6.70. The second-order valence-corrected chi connectivity index (χ2v) is 5.38. The van der Waals surface area contributed by atoms with E-state index in [-0.39, 0.29) is 11.9 Å². The first-order valence-corrected chi connectivity index (χ1v) is 6.70. The van der Waals surface area contributed by atoms with E-state index >= 15 is 0 Å². The summed E-state index contributed by atoms with van der Waals surface area (Å²) in [5.41, 5.74) is 5.19. The number of aliphatic imine (C=N–C) groups is 1. The number of allylic oxidation sites excluding steroid dienone is 1. The van der Waals surface area contributed by atoms with E-state index in [1.165, 1.54) is 11.1 Å². The average molecular weight is 254 g/mol. The summed E-state index contributed by atoms with van der Waals surface area (Å²) in [6.07, 6.45) is 4.95. The van der Waals surface area contributed by atoms with Crippen LogP contribution in [-0.2, 0) is 0 Å². The van der Waals surface area contributed by atoms with Gasteiger partial charge < -0.3 is 4.90 Å². The third-order valence-corrected chi connectivity index (χ3v) is 4.14. The van der Waals surface area contributed by atoms with E-state index in [1.807, 2.05) is 37.1 Å². The zero-order valence-corrected chi connectivity index (χ0v) is 11.6. The van der Waals surface area contributed by atoms with Crippen molar-refractivity contribution in [1.82, 2.24) is 4.90 Å². The lowest BCUT2D eigenvalue weighted by atomic mass is 10.0. The second kappa shape index (κ2) is 4.34. The molecule has 19 heavy (non-hydrogen) atoms. The van der Waals surface area contributed by atoms with E-state index in [4.69, 9.17) is 0 Å². The maximum atomic E-state index is 12.7. The van der Waals surface area contributed by atoms with Gasteiger partial charge in [-0.3, -0.25) is 9.79 Å². The fourth-order valence-electron chi connectivity index (χ4n) is 2.74. The van der Waals surface area contributed by atoms with E-state index in [1.54, 1.807) is 0 Å². The molecule has 98 valence electrons. The zero-order chi connectivity index (χ0) is 13.6. The predicted molar refractivity (Wildman–Crippen MR) is 77.3 cm³/mol. The maximum absolute atomic E-state index is 12.7. The highest BCUT2D eigenvalue weighted by atomic mass is 16.2. The molecule has 0 N–H and O–H groups in total. The molecule has 1 atom stereocenters. The number of amides is 1. The number of aryl methyl sites for hydroxylation is 2. The summed E-state index contributed by atoms with van der Waals surface area (Å²) in [7, 11) is 0. The molecule has 3 heteroatoms. The highest BCUT2D eigenvalue weighted by Crippen LogP contribution is 2.32. The molecule has 0 aliphatic carbocycles. The minimum atomic E-state index is 0.109. The molecule has 0 unspecified atom stereocenters. The minimum absolute atomic E-state index is 0.109. The van der Waals surface area contributed by atoms with Crippen LogP contribution in [0.5, 0.6) is 0 Å². The van der Waals surface area contributed by atoms with Crippen molar-refractivity contribution in [2.75, 3.05) is 6.54 Å². The molecular formula is C16H18N2O. The highest BCUT2D eigenvalue weighted by molar-refractivity contribution is 6.03. The van der Waals surface area contributed by atoms with Crippen molar-refractivity contribution in [3.8, 4) is 0 Å². The van der Waals surface area contributed by atoms with Gasteiger partial charge in [0.15, 0.2) is 0 Å². The van der Waals surface area contributed by atoms with Crippen LogP contribution in [0.1, 0.15) is 34.8 Å². The number of rotatable bonds is 0. The molecule has 0 bridgehead atoms. The van der Waals surface area contributed by atoms with Crippen molar-refractivity contribution in [3.63, 3.8) is 0 Å². The molecule has 1 fully saturated rings. The summed E-state index contributed by atoms with van der Waals surface area (Å²) < 4.78 is 0. The van der Waals surface area contributed by atoms with Gasteiger partial charge in [0.1, 0.15) is 0 Å². The molecule has 1 aromatic carbocycles. The van der Waals surface area contributed by atoms with Gasteiger partial charge in [-0.1, -0.05) is 11.6 Å². The van der Waals surface area contributed by atoms with Gasteiger partial charge in [-0.25, -0.2) is 0 Å². The van der Waals surface area contributed by atoms with Gasteiger partial charge in [-0.2, -0.15) is 0 Å². The van der Waals surface area contributed by atoms with Crippen molar-refractivity contribution < 1.29 is 4.79 Å². The van der Waals surface area contributed by atoms with Crippen LogP contribution in [0, 0.1) is 13.8 Å². The van der Waals surface area contributed by atoms with E-state index in [2.05, 4.69) is 18.0 Å². The number of hydrogen-bond acceptors (Lipinski definition) is 2. The molecule has 0 aromatic heterocycles. The average Bonchev–Trinajstić information content (AvgIpc) is 2.77. The van der Waals surface area contributed by atoms with Crippen molar-refractivity contribution >= 4 is 17.8 Å². The van der Waals surface area contributed by atoms with Crippen molar-refractivity contribution in [2.45, 2.75) is 33.2 Å². The molecule has 0 saturated carbocycles. The fraction of sp³-hybridized carbons (Fsp3) is 0.375.